The molecule has 0 radical (unpaired) electrons. The Bertz CT molecular complexity index is 1830. The second-order valence-electron chi connectivity index (χ2n) is 10.3. The summed E-state index contributed by atoms with van der Waals surface area (Å²) in [6.07, 6.45) is 0.712. The smallest absolute Gasteiger partial charge is 0.285 e. The van der Waals surface area contributed by atoms with E-state index in [0.717, 1.165) is 22.9 Å². The summed E-state index contributed by atoms with van der Waals surface area (Å²) in [4.78, 5) is 37.5. The van der Waals surface area contributed by atoms with Gasteiger partial charge in [-0.1, -0.05) is 48.0 Å². The Hall–Kier alpha value is -4.00. The van der Waals surface area contributed by atoms with E-state index in [1.807, 2.05) is 61.0 Å². The molecule has 4 aromatic rings. The second kappa shape index (κ2) is 11.7. The molecule has 1 fully saturated rings. The molecule has 2 aromatic heterocycles. The van der Waals surface area contributed by atoms with E-state index >= 15 is 0 Å². The van der Waals surface area contributed by atoms with E-state index in [4.69, 9.17) is 21.3 Å². The predicted octanol–water partition coefficient (Wildman–Crippen LogP) is 3.73. The average Bonchev–Trinajstić information content (AvgIpc) is 2.95. The van der Waals surface area contributed by atoms with E-state index in [-0.39, 0.29) is 28.2 Å². The minimum absolute atomic E-state index is 0.0296. The molecule has 0 aliphatic carbocycles. The summed E-state index contributed by atoms with van der Waals surface area (Å²) in [6, 6.07) is 16.3. The summed E-state index contributed by atoms with van der Waals surface area (Å²) >= 11 is 6.03. The van der Waals surface area contributed by atoms with Crippen molar-refractivity contribution in [3.05, 3.63) is 92.5 Å². The third-order valence-corrected chi connectivity index (χ3v) is 7.81. The van der Waals surface area contributed by atoms with Gasteiger partial charge in [0.25, 0.3) is 11.5 Å². The molecule has 2 atom stereocenters. The number of morpholine rings is 1. The number of pyridine rings is 1. The number of nitrogens with zero attached hydrogens (tertiary/aromatic N) is 4. The number of hydrogen-bond acceptors (Lipinski definition) is 9. The molecule has 3 heterocycles. The van der Waals surface area contributed by atoms with Gasteiger partial charge in [-0.25, -0.2) is 23.1 Å². The Morgan fingerprint density at radius 3 is 2.60 bits per heavy atom. The van der Waals surface area contributed by atoms with Gasteiger partial charge in [-0.05, 0) is 43.2 Å². The molecule has 0 spiro atoms. The van der Waals surface area contributed by atoms with Crippen molar-refractivity contribution in [2.45, 2.75) is 26.0 Å². The number of ether oxygens (including phenoxy) is 1. The zero-order valence-electron chi connectivity index (χ0n) is 23.6. The summed E-state index contributed by atoms with van der Waals surface area (Å²) in [5.41, 5.74) is 3.06. The zero-order chi connectivity index (χ0) is 30.2. The normalized spacial score (nSPS) is 16.3. The van der Waals surface area contributed by atoms with Crippen LogP contribution in [0.1, 0.15) is 46.2 Å². The maximum absolute atomic E-state index is 13.7. The lowest BCUT2D eigenvalue weighted by Crippen LogP contribution is -2.41. The molecule has 1 aliphatic heterocycles. The number of sulfonamides is 1. The second-order valence-corrected chi connectivity index (χ2v) is 12.5. The Kier molecular flexibility index (Phi) is 8.22. The molecular formula is C29H31ClN6O5S. The number of hydrogen-bond donors (Lipinski definition) is 2. The number of benzene rings is 2. The van der Waals surface area contributed by atoms with Gasteiger partial charge in [-0.2, -0.15) is 0 Å². The number of rotatable bonds is 7. The number of carbonyl (C=O) groups excluding carboxylic acids is 1. The molecule has 0 saturated carbocycles. The van der Waals surface area contributed by atoms with Crippen LogP contribution in [0.15, 0.2) is 59.4 Å². The van der Waals surface area contributed by atoms with Gasteiger partial charge in [0.15, 0.2) is 5.69 Å². The Labute approximate surface area is 248 Å². The van der Waals surface area contributed by atoms with E-state index in [1.165, 1.54) is 6.07 Å². The fourth-order valence-electron chi connectivity index (χ4n) is 5.11. The highest BCUT2D eigenvalue weighted by molar-refractivity contribution is 7.89. The number of anilines is 2. The molecule has 0 unspecified atom stereocenters. The highest BCUT2D eigenvalue weighted by Crippen LogP contribution is 2.30. The van der Waals surface area contributed by atoms with E-state index < -0.39 is 22.0 Å². The van der Waals surface area contributed by atoms with Crippen molar-refractivity contribution in [1.29, 1.82) is 0 Å². The van der Waals surface area contributed by atoms with Gasteiger partial charge in [0.2, 0.25) is 16.0 Å². The molecular weight excluding hydrogens is 580 g/mol. The largest absolute Gasteiger partial charge is 0.377 e. The number of nitrogens with one attached hydrogen (secondary N) is 2. The number of aryl methyl sites for hydroxylation is 1. The fourth-order valence-corrected chi connectivity index (χ4v) is 5.69. The molecule has 2 aromatic carbocycles. The molecule has 0 bridgehead atoms. The molecule has 5 rings (SSSR count). The first-order chi connectivity index (χ1) is 19.9. The van der Waals surface area contributed by atoms with E-state index in [1.54, 1.807) is 17.7 Å². The first-order valence-electron chi connectivity index (χ1n) is 13.3. The maximum Gasteiger partial charge on any atom is 0.285 e. The van der Waals surface area contributed by atoms with Crippen molar-refractivity contribution < 1.29 is 17.9 Å². The highest BCUT2D eigenvalue weighted by Gasteiger charge is 2.27. The summed E-state index contributed by atoms with van der Waals surface area (Å²) in [5, 5.41) is 3.73. The van der Waals surface area contributed by atoms with Crippen molar-refractivity contribution in [1.82, 2.24) is 19.3 Å². The average molecular weight is 611 g/mol. The molecule has 42 heavy (non-hydrogen) atoms. The van der Waals surface area contributed by atoms with Gasteiger partial charge in [0, 0.05) is 19.2 Å². The Balaban J connectivity index is 1.54. The first kappa shape index (κ1) is 29.5. The first-order valence-corrected chi connectivity index (χ1v) is 15.6. The van der Waals surface area contributed by atoms with Crippen molar-refractivity contribution in [2.75, 3.05) is 36.2 Å². The summed E-state index contributed by atoms with van der Waals surface area (Å²) < 4.78 is 32.9. The van der Waals surface area contributed by atoms with Crippen LogP contribution in [0, 0.1) is 6.92 Å². The molecule has 1 amide bonds. The quantitative estimate of drug-likeness (QED) is 0.300. The minimum atomic E-state index is -3.83. The third kappa shape index (κ3) is 6.25. The van der Waals surface area contributed by atoms with Gasteiger partial charge >= 0.3 is 0 Å². The van der Waals surface area contributed by atoms with Crippen LogP contribution in [0.5, 0.6) is 0 Å². The van der Waals surface area contributed by atoms with Gasteiger partial charge in [-0.3, -0.25) is 14.2 Å². The molecule has 220 valence electrons. The number of halogens is 1. The van der Waals surface area contributed by atoms with Gasteiger partial charge in [-0.15, -0.1) is 0 Å². The van der Waals surface area contributed by atoms with Crippen molar-refractivity contribution in [2.24, 2.45) is 7.05 Å². The molecule has 13 heteroatoms. The van der Waals surface area contributed by atoms with Crippen LogP contribution >= 0.6 is 11.6 Å². The van der Waals surface area contributed by atoms with Crippen molar-refractivity contribution in [3.8, 4) is 0 Å². The minimum Gasteiger partial charge on any atom is -0.377 e. The Morgan fingerprint density at radius 2 is 1.88 bits per heavy atom. The third-order valence-electron chi connectivity index (χ3n) is 7.04. The van der Waals surface area contributed by atoms with E-state index in [0.29, 0.717) is 36.5 Å². The van der Waals surface area contributed by atoms with Crippen LogP contribution in [0.2, 0.25) is 5.15 Å². The number of aromatic nitrogens is 3. The van der Waals surface area contributed by atoms with Gasteiger partial charge in [0.1, 0.15) is 11.3 Å². The summed E-state index contributed by atoms with van der Waals surface area (Å²) in [6.45, 7) is 5.33. The van der Waals surface area contributed by atoms with Crippen LogP contribution in [0.4, 0.5) is 11.6 Å². The number of amides is 1. The van der Waals surface area contributed by atoms with Crippen molar-refractivity contribution >= 4 is 50.1 Å². The topological polar surface area (TPSA) is 136 Å². The fraction of sp³-hybridized carbons (Fsp3) is 0.310. The number of fused-ring (bicyclic) bond motifs is 1. The molecule has 2 N–H and O–H groups in total. The van der Waals surface area contributed by atoms with Crippen LogP contribution in [0.25, 0.3) is 10.9 Å². The Morgan fingerprint density at radius 1 is 1.14 bits per heavy atom. The SMILES string of the molecule is Cc1cc([C@@H](C)Nc2ccc(Cl)nc2C(=O)NS(C)(=O)=O)c2nc(N3CCO[C@H](c4ccccc4)C3)n(C)c(=O)c2c1. The lowest BCUT2D eigenvalue weighted by Gasteiger charge is -2.34. The van der Waals surface area contributed by atoms with Crippen LogP contribution < -0.4 is 20.5 Å². The zero-order valence-corrected chi connectivity index (χ0v) is 25.2. The standard InChI is InChI=1S/C29H31ClN6O5S/c1-17-14-20(18(2)31-22-10-11-24(30)32-26(22)27(37)34-42(4,39)40)25-21(15-17)28(38)35(3)29(33-25)36-12-13-41-23(16-36)19-8-6-5-7-9-19/h5-11,14-15,18,23,31H,12-13,16H2,1-4H3,(H,34,37)/t18-,23+/m1/s1. The monoisotopic (exact) mass is 610 g/mol. The van der Waals surface area contributed by atoms with Crippen LogP contribution in [0.3, 0.4) is 0 Å². The lowest BCUT2D eigenvalue weighted by molar-refractivity contribution is 0.0390. The van der Waals surface area contributed by atoms with Gasteiger partial charge < -0.3 is 15.0 Å². The predicted molar refractivity (Wildman–Crippen MR) is 163 cm³/mol. The molecule has 1 aliphatic rings. The van der Waals surface area contributed by atoms with E-state index in [9.17, 15) is 18.0 Å². The van der Waals surface area contributed by atoms with Crippen molar-refractivity contribution in [3.63, 3.8) is 0 Å². The molecule has 11 nitrogen and oxygen atoms in total. The van der Waals surface area contributed by atoms with Gasteiger partial charge in [0.05, 0.1) is 42.0 Å². The van der Waals surface area contributed by atoms with E-state index in [2.05, 4.69) is 15.2 Å². The highest BCUT2D eigenvalue weighted by atomic mass is 35.5. The van der Waals surface area contributed by atoms with Crippen LogP contribution in [-0.4, -0.2) is 54.8 Å². The molecule has 1 saturated heterocycles. The maximum atomic E-state index is 13.7. The lowest BCUT2D eigenvalue weighted by atomic mass is 10.0. The number of carbonyl (C=O) groups is 1. The summed E-state index contributed by atoms with van der Waals surface area (Å²) in [5.74, 6) is -0.395. The van der Waals surface area contributed by atoms with Crippen LogP contribution in [-0.2, 0) is 21.8 Å². The summed E-state index contributed by atoms with van der Waals surface area (Å²) in [7, 11) is -2.12.